The Bertz CT molecular complexity index is 931. The van der Waals surface area contributed by atoms with Gasteiger partial charge < -0.3 is 15.0 Å². The van der Waals surface area contributed by atoms with Crippen LogP contribution in [-0.4, -0.2) is 51.9 Å². The summed E-state index contributed by atoms with van der Waals surface area (Å²) in [7, 11) is 1.85. The lowest BCUT2D eigenvalue weighted by Crippen LogP contribution is -2.56. The molecule has 1 aromatic heterocycles. The predicted molar refractivity (Wildman–Crippen MR) is 135 cm³/mol. The maximum absolute atomic E-state index is 13.7. The van der Waals surface area contributed by atoms with Crippen LogP contribution >= 0.6 is 20.7 Å². The average molecular weight is 597 g/mol. The van der Waals surface area contributed by atoms with E-state index in [1.54, 1.807) is 0 Å². The molecule has 2 heterocycles. The minimum atomic E-state index is -3.06. The van der Waals surface area contributed by atoms with Gasteiger partial charge in [-0.1, -0.05) is 18.0 Å². The fraction of sp³-hybridized carbons (Fsp3) is 0.625. The summed E-state index contributed by atoms with van der Waals surface area (Å²) in [5, 5.41) is 3.10. The lowest BCUT2D eigenvalue weighted by atomic mass is 9.76. The van der Waals surface area contributed by atoms with Gasteiger partial charge in [0.15, 0.2) is 12.4 Å². The lowest BCUT2D eigenvalue weighted by molar-refractivity contribution is -0.0267. The Hall–Kier alpha value is -1.72. The molecule has 190 valence electrons. The van der Waals surface area contributed by atoms with Crippen LogP contribution in [0.2, 0.25) is 0 Å². The number of ketones is 1. The molecule has 1 unspecified atom stereocenters. The third-order valence-corrected chi connectivity index (χ3v) is 8.02. The second-order valence-corrected chi connectivity index (χ2v) is 11.9. The van der Waals surface area contributed by atoms with Gasteiger partial charge in [-0.3, -0.25) is 9.78 Å². The van der Waals surface area contributed by atoms with Crippen LogP contribution in [0.25, 0.3) is 0 Å². The number of ether oxygens (including phenoxy) is 1. The summed E-state index contributed by atoms with van der Waals surface area (Å²) in [6.45, 7) is 4.27. The first-order valence-corrected chi connectivity index (χ1v) is 13.9. The van der Waals surface area contributed by atoms with Crippen molar-refractivity contribution in [3.8, 4) is 5.75 Å². The Morgan fingerprint density at radius 2 is 2.06 bits per heavy atom. The van der Waals surface area contributed by atoms with Gasteiger partial charge in [-0.2, -0.15) is 8.78 Å². The lowest BCUT2D eigenvalue weighted by Gasteiger charge is -2.40. The van der Waals surface area contributed by atoms with E-state index in [4.69, 9.17) is 4.74 Å². The molecule has 1 saturated heterocycles. The summed E-state index contributed by atoms with van der Waals surface area (Å²) in [5.74, 6) is -2.48. The molecule has 1 N–H and O–H groups in total. The number of carbonyl (C=O) groups excluding carboxylic acids is 1. The largest absolute Gasteiger partial charge is 0.484 e. The summed E-state index contributed by atoms with van der Waals surface area (Å²) in [6.07, 6.45) is 6.24. The van der Waals surface area contributed by atoms with Crippen molar-refractivity contribution in [1.29, 1.82) is 0 Å². The smallest absolute Gasteiger partial charge is 0.324 e. The van der Waals surface area contributed by atoms with Crippen LogP contribution in [-0.2, 0) is 0 Å². The number of pyridine rings is 1. The number of carbonyl (C=O) groups is 1. The number of hydrogen-bond acceptors (Lipinski definition) is 5. The van der Waals surface area contributed by atoms with Gasteiger partial charge in [0, 0.05) is 25.2 Å². The van der Waals surface area contributed by atoms with E-state index < -0.39 is 50.3 Å². The van der Waals surface area contributed by atoms with Gasteiger partial charge in [-0.15, -0.1) is 0 Å². The Balaban J connectivity index is 1.67. The highest BCUT2D eigenvalue weighted by molar-refractivity contribution is 14.2. The highest BCUT2D eigenvalue weighted by Crippen LogP contribution is 2.51. The first-order valence-electron chi connectivity index (χ1n) is 11.3. The van der Waals surface area contributed by atoms with Gasteiger partial charge in [0.1, 0.15) is 11.4 Å². The molecular weight excluding hydrogens is 565 g/mol. The molecule has 1 atom stereocenters. The van der Waals surface area contributed by atoms with Gasteiger partial charge in [-0.05, 0) is 64.2 Å². The molecule has 0 aromatic carbocycles. The summed E-state index contributed by atoms with van der Waals surface area (Å²) >= 11 is -1.65. The molecule has 0 amide bonds. The van der Waals surface area contributed by atoms with Gasteiger partial charge in [0.05, 0.1) is 25.0 Å². The van der Waals surface area contributed by atoms with Crippen LogP contribution in [0.4, 0.5) is 23.2 Å². The molecular formula is C24H32F4IN3O2. The molecule has 2 aliphatic rings. The van der Waals surface area contributed by atoms with E-state index >= 15 is 0 Å². The number of Topliss-reactive ketones (excluding diaryl/α,β-unsaturated/α-hetero) is 1. The molecule has 1 aromatic rings. The molecule has 0 bridgehead atoms. The molecule has 1 aliphatic heterocycles. The minimum Gasteiger partial charge on any atom is -0.484 e. The van der Waals surface area contributed by atoms with E-state index in [0.29, 0.717) is 12.3 Å². The number of alkyl halides is 5. The molecule has 3 rings (SSSR count). The molecule has 0 spiro atoms. The molecule has 5 nitrogen and oxygen atoms in total. The van der Waals surface area contributed by atoms with Crippen molar-refractivity contribution in [3.05, 3.63) is 30.2 Å². The second kappa shape index (κ2) is 10.5. The van der Waals surface area contributed by atoms with E-state index in [2.05, 4.69) is 28.3 Å². The number of nitrogens with one attached hydrogen (secondary N) is 1. The van der Waals surface area contributed by atoms with Crippen molar-refractivity contribution in [1.82, 2.24) is 10.3 Å². The van der Waals surface area contributed by atoms with Crippen LogP contribution < -0.4 is 15.0 Å². The van der Waals surface area contributed by atoms with Gasteiger partial charge in [0.2, 0.25) is 0 Å². The fourth-order valence-electron chi connectivity index (χ4n) is 4.39. The van der Waals surface area contributed by atoms with E-state index in [1.807, 2.05) is 7.05 Å². The second-order valence-electron chi connectivity index (χ2n) is 9.52. The number of rotatable bonds is 14. The standard InChI is InChI=1S/C24H32F4IN3O2/c1-16(30-4)11-22(2,17-7-8-17)9-5-6-20(33)18-10-21(34-15-24(27,28)29-3)19(12-31-18)32-13-23(25,26)14-32/h10,12,17,30H,1,3,5-9,11,13-15H2,2,4H3. The summed E-state index contributed by atoms with van der Waals surface area (Å²) in [5.41, 5.74) is 1.31. The van der Waals surface area contributed by atoms with Crippen LogP contribution in [0.3, 0.4) is 0 Å². The number of nitrogens with zero attached hydrogens (tertiary/aromatic N) is 2. The number of hydrogen-bond donors (Lipinski definition) is 1. The van der Waals surface area contributed by atoms with E-state index in [9.17, 15) is 22.4 Å². The first kappa shape index (κ1) is 26.9. The molecule has 1 saturated carbocycles. The molecule has 1 aliphatic carbocycles. The first-order chi connectivity index (χ1) is 15.9. The average Bonchev–Trinajstić information content (AvgIpc) is 3.62. The van der Waals surface area contributed by atoms with E-state index in [1.165, 1.54) is 30.0 Å². The minimum absolute atomic E-state index is 0.0286. The van der Waals surface area contributed by atoms with Crippen molar-refractivity contribution < 1.29 is 27.1 Å². The SMILES string of the molecule is C=IC(F)(F)COc1cc(C(=O)CCCC(C)(CC(=C)NC)C2CC2)ncc1N1CC(F)(F)C1. The maximum Gasteiger partial charge on any atom is 0.324 e. The summed E-state index contributed by atoms with van der Waals surface area (Å²) in [4.78, 5) is 18.3. The van der Waals surface area contributed by atoms with Gasteiger partial charge in [-0.25, -0.2) is 8.78 Å². The molecule has 34 heavy (non-hydrogen) atoms. The van der Waals surface area contributed by atoms with E-state index in [-0.39, 0.29) is 34.7 Å². The van der Waals surface area contributed by atoms with Crippen LogP contribution in [0.1, 0.15) is 55.9 Å². The third-order valence-electron chi connectivity index (χ3n) is 6.59. The predicted octanol–water partition coefficient (Wildman–Crippen LogP) is 5.80. The van der Waals surface area contributed by atoms with Crippen molar-refractivity contribution in [2.24, 2.45) is 11.3 Å². The zero-order valence-electron chi connectivity index (χ0n) is 19.6. The third kappa shape index (κ3) is 6.91. The zero-order valence-corrected chi connectivity index (χ0v) is 21.8. The van der Waals surface area contributed by atoms with Gasteiger partial charge >= 0.3 is 3.93 Å². The van der Waals surface area contributed by atoms with Crippen LogP contribution in [0.15, 0.2) is 24.5 Å². The Kier molecular flexibility index (Phi) is 8.29. The highest BCUT2D eigenvalue weighted by Gasteiger charge is 2.45. The molecule has 10 heteroatoms. The summed E-state index contributed by atoms with van der Waals surface area (Å²) < 4.78 is 59.7. The van der Waals surface area contributed by atoms with Crippen LogP contribution in [0.5, 0.6) is 5.75 Å². The van der Waals surface area contributed by atoms with Crippen molar-refractivity contribution >= 4 is 36.7 Å². The van der Waals surface area contributed by atoms with Crippen molar-refractivity contribution in [3.63, 3.8) is 0 Å². The normalized spacial score (nSPS) is 19.2. The Morgan fingerprint density at radius 1 is 1.38 bits per heavy atom. The van der Waals surface area contributed by atoms with E-state index in [0.717, 1.165) is 18.5 Å². The fourth-order valence-corrected chi connectivity index (χ4v) is 4.77. The number of anilines is 1. The quantitative estimate of drug-likeness (QED) is 0.127. The number of halogens is 5. The Labute approximate surface area is 208 Å². The number of allylic oxidation sites excluding steroid dienone is 1. The molecule has 2 fully saturated rings. The van der Waals surface area contributed by atoms with Gasteiger partial charge in [0.25, 0.3) is 5.92 Å². The zero-order chi connectivity index (χ0) is 25.1. The van der Waals surface area contributed by atoms with Crippen LogP contribution in [0, 0.1) is 11.3 Å². The van der Waals surface area contributed by atoms with Crippen molar-refractivity contribution in [2.75, 3.05) is 31.6 Å². The maximum atomic E-state index is 13.7. The molecule has 0 radical (unpaired) electrons. The number of aromatic nitrogens is 1. The van der Waals surface area contributed by atoms with Crippen molar-refractivity contribution in [2.45, 2.75) is 55.3 Å². The monoisotopic (exact) mass is 597 g/mol. The highest BCUT2D eigenvalue weighted by atomic mass is 127. The Morgan fingerprint density at radius 3 is 2.62 bits per heavy atom. The summed E-state index contributed by atoms with van der Waals surface area (Å²) in [6, 6.07) is 1.30. The topological polar surface area (TPSA) is 54.5 Å².